The van der Waals surface area contributed by atoms with E-state index >= 15 is 0 Å². The number of amides is 1. The number of halogens is 1. The first-order chi connectivity index (χ1) is 14.1. The van der Waals surface area contributed by atoms with Crippen LogP contribution in [-0.2, 0) is 0 Å². The Labute approximate surface area is 180 Å². The second-order valence-electron chi connectivity index (χ2n) is 6.40. The molecule has 0 spiro atoms. The Kier molecular flexibility index (Phi) is 7.23. The van der Waals surface area contributed by atoms with Crippen LogP contribution in [0.3, 0.4) is 0 Å². The number of aromatic nitrogens is 1. The third kappa shape index (κ3) is 5.40. The first-order valence-corrected chi connectivity index (χ1v) is 9.28. The lowest BCUT2D eigenvalue weighted by molar-refractivity contribution is 0.0963. The molecule has 0 saturated heterocycles. The van der Waals surface area contributed by atoms with E-state index in [1.165, 1.54) is 7.05 Å². The molecule has 1 aromatic heterocycles. The standard InChI is InChI=1S/C22H23ClN6O/c1-12(24)17(8-5-15-7-10-20(26)28-13(15)2)21(29-14(3)25)16-6-9-18(19(23)11-16)22(30)27-4/h6-7,9-11H,3,24-25H2,1-2,4H3,(H2,26,28)(H,27,30)/b17-12-,29-21?. The van der Waals surface area contributed by atoms with Gasteiger partial charge in [-0.25, -0.2) is 9.98 Å². The lowest BCUT2D eigenvalue weighted by Crippen LogP contribution is -2.19. The SMILES string of the molecule is C=C(N)N=C(/C(C#Cc1ccc(N)nc1C)=C(/C)N)c1ccc(C(=O)NC)c(Cl)c1. The number of hydrogen-bond donors (Lipinski definition) is 4. The van der Waals surface area contributed by atoms with Gasteiger partial charge in [-0.05, 0) is 38.1 Å². The molecule has 0 aliphatic carbocycles. The van der Waals surface area contributed by atoms with E-state index in [-0.39, 0.29) is 16.8 Å². The number of nitrogen functional groups attached to an aromatic ring is 1. The molecule has 1 aromatic carbocycles. The number of pyridine rings is 1. The molecule has 154 valence electrons. The zero-order valence-electron chi connectivity index (χ0n) is 17.0. The van der Waals surface area contributed by atoms with Crippen LogP contribution in [0, 0.1) is 18.8 Å². The Morgan fingerprint density at radius 2 is 1.97 bits per heavy atom. The van der Waals surface area contributed by atoms with Gasteiger partial charge in [-0.15, -0.1) is 0 Å². The predicted molar refractivity (Wildman–Crippen MR) is 122 cm³/mol. The average Bonchev–Trinajstić information content (AvgIpc) is 2.67. The molecular weight excluding hydrogens is 400 g/mol. The van der Waals surface area contributed by atoms with Crippen molar-refractivity contribution in [2.24, 2.45) is 16.5 Å². The monoisotopic (exact) mass is 422 g/mol. The molecule has 0 atom stereocenters. The van der Waals surface area contributed by atoms with Crippen LogP contribution < -0.4 is 22.5 Å². The number of nitrogens with two attached hydrogens (primary N) is 3. The van der Waals surface area contributed by atoms with Crippen molar-refractivity contribution in [3.63, 3.8) is 0 Å². The Hall–Kier alpha value is -3.76. The summed E-state index contributed by atoms with van der Waals surface area (Å²) in [5, 5.41) is 2.79. The van der Waals surface area contributed by atoms with Crippen molar-refractivity contribution in [3.05, 3.63) is 81.4 Å². The Balaban J connectivity index is 2.61. The summed E-state index contributed by atoms with van der Waals surface area (Å²) < 4.78 is 0. The van der Waals surface area contributed by atoms with Crippen LogP contribution in [0.4, 0.5) is 5.82 Å². The largest absolute Gasteiger partial charge is 0.401 e. The predicted octanol–water partition coefficient (Wildman–Crippen LogP) is 2.49. The molecule has 0 aliphatic rings. The quantitative estimate of drug-likeness (QED) is 0.443. The van der Waals surface area contributed by atoms with Crippen molar-refractivity contribution in [1.82, 2.24) is 10.3 Å². The Bertz CT molecular complexity index is 1130. The van der Waals surface area contributed by atoms with E-state index in [4.69, 9.17) is 28.8 Å². The highest BCUT2D eigenvalue weighted by Crippen LogP contribution is 2.21. The summed E-state index contributed by atoms with van der Waals surface area (Å²) in [5.74, 6) is 6.27. The molecule has 7 nitrogen and oxygen atoms in total. The zero-order chi connectivity index (χ0) is 22.4. The van der Waals surface area contributed by atoms with E-state index in [0.717, 1.165) is 0 Å². The van der Waals surface area contributed by atoms with Crippen molar-refractivity contribution in [1.29, 1.82) is 0 Å². The minimum absolute atomic E-state index is 0.0717. The molecule has 30 heavy (non-hydrogen) atoms. The number of benzene rings is 1. The molecule has 0 radical (unpaired) electrons. The topological polar surface area (TPSA) is 132 Å². The van der Waals surface area contributed by atoms with E-state index in [1.807, 2.05) is 6.92 Å². The fourth-order valence-electron chi connectivity index (χ4n) is 2.58. The number of anilines is 1. The summed E-state index contributed by atoms with van der Waals surface area (Å²) in [5.41, 5.74) is 21.1. The number of aryl methyl sites for hydroxylation is 1. The van der Waals surface area contributed by atoms with Gasteiger partial charge in [0.05, 0.1) is 27.6 Å². The highest BCUT2D eigenvalue weighted by Gasteiger charge is 2.15. The first kappa shape index (κ1) is 22.5. The molecule has 1 amide bonds. The number of nitrogens with one attached hydrogen (secondary N) is 1. The summed E-state index contributed by atoms with van der Waals surface area (Å²) in [6, 6.07) is 8.34. The minimum atomic E-state index is -0.301. The van der Waals surface area contributed by atoms with Crippen LogP contribution in [0.25, 0.3) is 0 Å². The second-order valence-corrected chi connectivity index (χ2v) is 6.81. The lowest BCUT2D eigenvalue weighted by atomic mass is 9.99. The highest BCUT2D eigenvalue weighted by molar-refractivity contribution is 6.34. The van der Waals surface area contributed by atoms with Gasteiger partial charge in [0.15, 0.2) is 0 Å². The minimum Gasteiger partial charge on any atom is -0.401 e. The first-order valence-electron chi connectivity index (χ1n) is 8.91. The van der Waals surface area contributed by atoms with Crippen molar-refractivity contribution in [2.75, 3.05) is 12.8 Å². The number of carbonyl (C=O) groups is 1. The van der Waals surface area contributed by atoms with Crippen LogP contribution in [0.1, 0.15) is 34.1 Å². The fourth-order valence-corrected chi connectivity index (χ4v) is 2.84. The van der Waals surface area contributed by atoms with Gasteiger partial charge < -0.3 is 22.5 Å². The lowest BCUT2D eigenvalue weighted by Gasteiger charge is -2.11. The molecule has 8 heteroatoms. The Morgan fingerprint density at radius 1 is 1.27 bits per heavy atom. The van der Waals surface area contributed by atoms with Crippen molar-refractivity contribution in [3.8, 4) is 11.8 Å². The van der Waals surface area contributed by atoms with E-state index < -0.39 is 0 Å². The number of rotatable bonds is 4. The van der Waals surface area contributed by atoms with Crippen molar-refractivity contribution < 1.29 is 4.79 Å². The molecule has 0 bridgehead atoms. The van der Waals surface area contributed by atoms with Crippen molar-refractivity contribution in [2.45, 2.75) is 13.8 Å². The molecular formula is C22H23ClN6O. The van der Waals surface area contributed by atoms with Gasteiger partial charge in [0.2, 0.25) is 0 Å². The summed E-state index contributed by atoms with van der Waals surface area (Å²) in [6.45, 7) is 7.16. The average molecular weight is 423 g/mol. The normalized spacial score (nSPS) is 11.8. The number of aliphatic imine (C=N–C) groups is 1. The third-order valence-corrected chi connectivity index (χ3v) is 4.34. The molecule has 0 unspecified atom stereocenters. The second kappa shape index (κ2) is 9.63. The van der Waals surface area contributed by atoms with Gasteiger partial charge in [0.1, 0.15) is 11.6 Å². The Morgan fingerprint density at radius 3 is 2.50 bits per heavy atom. The van der Waals surface area contributed by atoms with Crippen molar-refractivity contribution >= 4 is 29.0 Å². The van der Waals surface area contributed by atoms with E-state index in [1.54, 1.807) is 37.3 Å². The van der Waals surface area contributed by atoms with Gasteiger partial charge in [-0.3, -0.25) is 4.79 Å². The summed E-state index contributed by atoms with van der Waals surface area (Å²) in [6.07, 6.45) is 0. The third-order valence-electron chi connectivity index (χ3n) is 4.03. The number of carbonyl (C=O) groups excluding carboxylic acids is 1. The molecule has 7 N–H and O–H groups in total. The van der Waals surface area contributed by atoms with Gasteiger partial charge in [-0.2, -0.15) is 0 Å². The molecule has 0 aliphatic heterocycles. The van der Waals surface area contributed by atoms with Crippen LogP contribution >= 0.6 is 11.6 Å². The fraction of sp³-hybridized carbons (Fsp3) is 0.136. The van der Waals surface area contributed by atoms with Crippen LogP contribution in [0.15, 0.2) is 59.0 Å². The smallest absolute Gasteiger partial charge is 0.252 e. The zero-order valence-corrected chi connectivity index (χ0v) is 17.8. The van der Waals surface area contributed by atoms with E-state index in [9.17, 15) is 4.79 Å². The van der Waals surface area contributed by atoms with Gasteiger partial charge in [0, 0.05) is 23.9 Å². The maximum absolute atomic E-state index is 11.9. The maximum atomic E-state index is 11.9. The van der Waals surface area contributed by atoms with Gasteiger partial charge in [-0.1, -0.05) is 36.1 Å². The molecule has 0 fully saturated rings. The van der Waals surface area contributed by atoms with Crippen LogP contribution in [-0.4, -0.2) is 23.7 Å². The summed E-state index contributed by atoms with van der Waals surface area (Å²) in [7, 11) is 1.53. The van der Waals surface area contributed by atoms with Crippen LogP contribution in [0.5, 0.6) is 0 Å². The number of hydrogen-bond acceptors (Lipinski definition) is 6. The van der Waals surface area contributed by atoms with Gasteiger partial charge >= 0.3 is 0 Å². The number of nitrogens with zero attached hydrogens (tertiary/aromatic N) is 2. The summed E-state index contributed by atoms with van der Waals surface area (Å²) >= 11 is 6.30. The van der Waals surface area contributed by atoms with Crippen LogP contribution in [0.2, 0.25) is 5.02 Å². The van der Waals surface area contributed by atoms with Gasteiger partial charge in [0.25, 0.3) is 5.91 Å². The number of allylic oxidation sites excluding steroid dienone is 2. The highest BCUT2D eigenvalue weighted by atomic mass is 35.5. The maximum Gasteiger partial charge on any atom is 0.252 e. The molecule has 1 heterocycles. The van der Waals surface area contributed by atoms with E-state index in [2.05, 4.69) is 33.7 Å². The molecule has 2 aromatic rings. The molecule has 2 rings (SSSR count). The summed E-state index contributed by atoms with van der Waals surface area (Å²) in [4.78, 5) is 20.4. The van der Waals surface area contributed by atoms with E-state index in [0.29, 0.717) is 45.2 Å². The molecule has 0 saturated carbocycles.